The molecule has 0 aromatic heterocycles. The van der Waals surface area contributed by atoms with Crippen molar-refractivity contribution in [2.45, 2.75) is 19.4 Å². The van der Waals surface area contributed by atoms with E-state index in [4.69, 9.17) is 5.11 Å². The molecule has 0 aliphatic rings. The minimum Gasteiger partial charge on any atom is -0.392 e. The van der Waals surface area contributed by atoms with Crippen molar-refractivity contribution in [3.63, 3.8) is 0 Å². The minimum absolute atomic E-state index is 0.190. The smallest absolute Gasteiger partial charge is 0.251 e. The van der Waals surface area contributed by atoms with E-state index in [1.807, 2.05) is 6.07 Å². The molecular weight excluding hydrogens is 232 g/mol. The van der Waals surface area contributed by atoms with Gasteiger partial charge < -0.3 is 15.7 Å². The molecule has 18 heavy (non-hydrogen) atoms. The topological polar surface area (TPSA) is 78.4 Å². The van der Waals surface area contributed by atoms with Crippen LogP contribution in [0.1, 0.15) is 23.7 Å². The molecule has 0 saturated heterocycles. The quantitative estimate of drug-likeness (QED) is 0.679. The van der Waals surface area contributed by atoms with Crippen molar-refractivity contribution in [2.75, 3.05) is 13.1 Å². The molecule has 1 atom stereocenters. The van der Waals surface area contributed by atoms with Gasteiger partial charge in [-0.15, -0.1) is 0 Å². The Labute approximate surface area is 106 Å². The van der Waals surface area contributed by atoms with Gasteiger partial charge in [-0.1, -0.05) is 18.2 Å². The van der Waals surface area contributed by atoms with Gasteiger partial charge in [0.25, 0.3) is 5.91 Å². The van der Waals surface area contributed by atoms with E-state index in [0.29, 0.717) is 5.56 Å². The average Bonchev–Trinajstić information content (AvgIpc) is 2.37. The largest absolute Gasteiger partial charge is 0.392 e. The van der Waals surface area contributed by atoms with Crippen LogP contribution in [0.3, 0.4) is 0 Å². The van der Waals surface area contributed by atoms with Gasteiger partial charge >= 0.3 is 0 Å². The molecule has 0 fully saturated rings. The van der Waals surface area contributed by atoms with E-state index in [9.17, 15) is 9.59 Å². The van der Waals surface area contributed by atoms with Gasteiger partial charge in [0.1, 0.15) is 0 Å². The fourth-order valence-corrected chi connectivity index (χ4v) is 1.33. The SMILES string of the molecule is CC(O)CNC(=O)CCNC(=O)c1ccccc1. The highest BCUT2D eigenvalue weighted by atomic mass is 16.3. The van der Waals surface area contributed by atoms with Crippen molar-refractivity contribution < 1.29 is 14.7 Å². The van der Waals surface area contributed by atoms with Gasteiger partial charge in [0.2, 0.25) is 5.91 Å². The first-order valence-corrected chi connectivity index (χ1v) is 5.87. The summed E-state index contributed by atoms with van der Waals surface area (Å²) in [7, 11) is 0. The second-order valence-electron chi connectivity index (χ2n) is 4.03. The molecule has 0 radical (unpaired) electrons. The van der Waals surface area contributed by atoms with Gasteiger partial charge in [0, 0.05) is 25.1 Å². The highest BCUT2D eigenvalue weighted by Gasteiger charge is 2.06. The summed E-state index contributed by atoms with van der Waals surface area (Å²) >= 11 is 0. The predicted octanol–water partition coefficient (Wildman–Crippen LogP) is 0.303. The summed E-state index contributed by atoms with van der Waals surface area (Å²) in [6.45, 7) is 2.10. The van der Waals surface area contributed by atoms with Crippen LogP contribution in [0, 0.1) is 0 Å². The lowest BCUT2D eigenvalue weighted by Crippen LogP contribution is -2.34. The Morgan fingerprint density at radius 3 is 2.50 bits per heavy atom. The highest BCUT2D eigenvalue weighted by Crippen LogP contribution is 1.97. The van der Waals surface area contributed by atoms with Crippen LogP contribution in [0.15, 0.2) is 30.3 Å². The maximum atomic E-state index is 11.6. The molecular formula is C13H18N2O3. The number of aliphatic hydroxyl groups excluding tert-OH is 1. The molecule has 0 aliphatic carbocycles. The average molecular weight is 250 g/mol. The molecule has 0 saturated carbocycles. The Morgan fingerprint density at radius 2 is 1.89 bits per heavy atom. The van der Waals surface area contributed by atoms with Crippen molar-refractivity contribution in [1.82, 2.24) is 10.6 Å². The molecule has 5 heteroatoms. The summed E-state index contributed by atoms with van der Waals surface area (Å²) in [5, 5.41) is 14.2. The fraction of sp³-hybridized carbons (Fsp3) is 0.385. The number of hydrogen-bond donors (Lipinski definition) is 3. The Balaban J connectivity index is 2.22. The fourth-order valence-electron chi connectivity index (χ4n) is 1.33. The first-order valence-electron chi connectivity index (χ1n) is 5.87. The number of nitrogens with one attached hydrogen (secondary N) is 2. The normalized spacial score (nSPS) is 11.7. The van der Waals surface area contributed by atoms with Crippen molar-refractivity contribution in [3.05, 3.63) is 35.9 Å². The molecule has 1 aromatic carbocycles. The minimum atomic E-state index is -0.562. The summed E-state index contributed by atoms with van der Waals surface area (Å²) < 4.78 is 0. The summed E-state index contributed by atoms with van der Waals surface area (Å²) in [5.74, 6) is -0.386. The van der Waals surface area contributed by atoms with Gasteiger partial charge in [-0.25, -0.2) is 0 Å². The van der Waals surface area contributed by atoms with Crippen molar-refractivity contribution in [1.29, 1.82) is 0 Å². The molecule has 0 spiro atoms. The van der Waals surface area contributed by atoms with Gasteiger partial charge in [-0.2, -0.15) is 0 Å². The van der Waals surface area contributed by atoms with E-state index in [-0.39, 0.29) is 31.3 Å². The number of amides is 2. The maximum Gasteiger partial charge on any atom is 0.251 e. The van der Waals surface area contributed by atoms with E-state index >= 15 is 0 Å². The monoisotopic (exact) mass is 250 g/mol. The first kappa shape index (κ1) is 14.2. The summed E-state index contributed by atoms with van der Waals surface area (Å²) in [4.78, 5) is 22.9. The summed E-state index contributed by atoms with van der Waals surface area (Å²) in [6, 6.07) is 8.82. The molecule has 0 bridgehead atoms. The molecule has 3 N–H and O–H groups in total. The van der Waals surface area contributed by atoms with Crippen LogP contribution in [-0.4, -0.2) is 36.1 Å². The van der Waals surface area contributed by atoms with Gasteiger partial charge in [-0.3, -0.25) is 9.59 Å². The van der Waals surface area contributed by atoms with Crippen LogP contribution in [-0.2, 0) is 4.79 Å². The van der Waals surface area contributed by atoms with Crippen LogP contribution < -0.4 is 10.6 Å². The van der Waals surface area contributed by atoms with Crippen molar-refractivity contribution >= 4 is 11.8 Å². The molecule has 2 amide bonds. The van der Waals surface area contributed by atoms with E-state index in [2.05, 4.69) is 10.6 Å². The van der Waals surface area contributed by atoms with Gasteiger partial charge in [-0.05, 0) is 19.1 Å². The third-order valence-electron chi connectivity index (χ3n) is 2.27. The summed E-state index contributed by atoms with van der Waals surface area (Å²) in [5.41, 5.74) is 0.571. The first-order chi connectivity index (χ1) is 8.59. The second kappa shape index (κ2) is 7.45. The molecule has 1 rings (SSSR count). The van der Waals surface area contributed by atoms with E-state index in [1.54, 1.807) is 31.2 Å². The zero-order valence-electron chi connectivity index (χ0n) is 10.3. The number of benzene rings is 1. The molecule has 1 unspecified atom stereocenters. The second-order valence-corrected chi connectivity index (χ2v) is 4.03. The molecule has 0 heterocycles. The zero-order valence-corrected chi connectivity index (χ0v) is 10.3. The van der Waals surface area contributed by atoms with Crippen LogP contribution in [0.4, 0.5) is 0 Å². The number of carbonyl (C=O) groups is 2. The van der Waals surface area contributed by atoms with Crippen molar-refractivity contribution in [3.8, 4) is 0 Å². The molecule has 98 valence electrons. The van der Waals surface area contributed by atoms with E-state index in [1.165, 1.54) is 0 Å². The third-order valence-corrected chi connectivity index (χ3v) is 2.27. The molecule has 0 aliphatic heterocycles. The third kappa shape index (κ3) is 5.45. The number of carbonyl (C=O) groups excluding carboxylic acids is 2. The molecule has 1 aromatic rings. The van der Waals surface area contributed by atoms with Crippen LogP contribution in [0.5, 0.6) is 0 Å². The Morgan fingerprint density at radius 1 is 1.22 bits per heavy atom. The lowest BCUT2D eigenvalue weighted by Gasteiger charge is -2.08. The Hall–Kier alpha value is -1.88. The number of rotatable bonds is 6. The zero-order chi connectivity index (χ0) is 13.4. The number of aliphatic hydroxyl groups is 1. The Kier molecular flexibility index (Phi) is 5.87. The van der Waals surface area contributed by atoms with Crippen LogP contribution >= 0.6 is 0 Å². The van der Waals surface area contributed by atoms with Crippen LogP contribution in [0.25, 0.3) is 0 Å². The van der Waals surface area contributed by atoms with Gasteiger partial charge in [0.15, 0.2) is 0 Å². The van der Waals surface area contributed by atoms with Crippen molar-refractivity contribution in [2.24, 2.45) is 0 Å². The predicted molar refractivity (Wildman–Crippen MR) is 68.1 cm³/mol. The molecule has 5 nitrogen and oxygen atoms in total. The summed E-state index contributed by atoms with van der Waals surface area (Å²) in [6.07, 6.45) is -0.362. The Bertz CT molecular complexity index is 390. The standard InChI is InChI=1S/C13H18N2O3/c1-10(16)9-15-12(17)7-8-14-13(18)11-5-3-2-4-6-11/h2-6,10,16H,7-9H2,1H3,(H,14,18)(H,15,17). The number of hydrogen-bond acceptors (Lipinski definition) is 3. The van der Waals surface area contributed by atoms with E-state index < -0.39 is 6.10 Å². The van der Waals surface area contributed by atoms with E-state index in [0.717, 1.165) is 0 Å². The van der Waals surface area contributed by atoms with Gasteiger partial charge in [0.05, 0.1) is 6.10 Å². The lowest BCUT2D eigenvalue weighted by molar-refractivity contribution is -0.121. The maximum absolute atomic E-state index is 11.6. The lowest BCUT2D eigenvalue weighted by atomic mass is 10.2. The highest BCUT2D eigenvalue weighted by molar-refractivity contribution is 5.94. The van der Waals surface area contributed by atoms with Crippen LogP contribution in [0.2, 0.25) is 0 Å².